The van der Waals surface area contributed by atoms with Crippen molar-refractivity contribution in [2.24, 2.45) is 0 Å². The first-order valence-electron chi connectivity index (χ1n) is 5.86. The highest BCUT2D eigenvalue weighted by molar-refractivity contribution is 6.43. The zero-order valence-electron chi connectivity index (χ0n) is 11.5. The van der Waals surface area contributed by atoms with Crippen LogP contribution in [0, 0.1) is 0 Å². The van der Waals surface area contributed by atoms with Crippen LogP contribution < -0.4 is 0 Å². The molecule has 0 saturated heterocycles. The van der Waals surface area contributed by atoms with Gasteiger partial charge < -0.3 is 15.3 Å². The minimum atomic E-state index is -1.83. The van der Waals surface area contributed by atoms with Gasteiger partial charge in [-0.05, 0) is 11.6 Å². The van der Waals surface area contributed by atoms with Crippen molar-refractivity contribution in [3.63, 3.8) is 0 Å². The first-order chi connectivity index (χ1) is 10.3. The lowest BCUT2D eigenvalue weighted by molar-refractivity contribution is -0.134. The Morgan fingerprint density at radius 3 is 1.77 bits per heavy atom. The number of benzene rings is 2. The maximum absolute atomic E-state index is 9.00. The van der Waals surface area contributed by atoms with Gasteiger partial charge in [-0.25, -0.2) is 4.79 Å². The van der Waals surface area contributed by atoms with Gasteiger partial charge in [0.25, 0.3) is 5.97 Å². The molecule has 0 aliphatic rings. The Morgan fingerprint density at radius 1 is 0.864 bits per heavy atom. The van der Waals surface area contributed by atoms with E-state index in [1.807, 2.05) is 42.5 Å². The number of hydrogen-bond acceptors (Lipinski definition) is 2. The molecule has 0 aliphatic carbocycles. The summed E-state index contributed by atoms with van der Waals surface area (Å²) >= 11 is 12.0. The van der Waals surface area contributed by atoms with Gasteiger partial charge in [0, 0.05) is 12.5 Å². The summed E-state index contributed by atoms with van der Waals surface area (Å²) in [4.78, 5) is 17.6. The summed E-state index contributed by atoms with van der Waals surface area (Å²) in [5.41, 5.74) is 2.06. The molecule has 0 aliphatic heterocycles. The van der Waals surface area contributed by atoms with Crippen LogP contribution in [0.15, 0.2) is 48.5 Å². The fourth-order valence-electron chi connectivity index (χ4n) is 1.34. The van der Waals surface area contributed by atoms with Crippen LogP contribution in [0.3, 0.4) is 0 Å². The molecule has 0 unspecified atom stereocenters. The molecule has 2 rings (SSSR count). The Morgan fingerprint density at radius 2 is 1.32 bits per heavy atom. The number of carboxylic acid groups (broad SMARTS) is 3. The van der Waals surface area contributed by atoms with E-state index >= 15 is 0 Å². The summed E-state index contributed by atoms with van der Waals surface area (Å²) in [6, 6.07) is 15.6. The predicted octanol–water partition coefficient (Wildman–Crippen LogP) is 4.97. The summed E-state index contributed by atoms with van der Waals surface area (Å²) in [7, 11) is 0. The molecule has 0 spiro atoms. The fourth-order valence-corrected chi connectivity index (χ4v) is 1.75. The molecule has 2 aromatic rings. The van der Waals surface area contributed by atoms with Gasteiger partial charge in [-0.15, -0.1) is 0 Å². The van der Waals surface area contributed by atoms with E-state index in [9.17, 15) is 0 Å². The Hall–Kier alpha value is -2.24. The maximum atomic E-state index is 9.00. The molecular formula is C15H14Cl2O5. The van der Waals surface area contributed by atoms with E-state index in [0.717, 1.165) is 18.1 Å². The molecule has 0 radical (unpaired) electrons. The molecule has 5 nitrogen and oxygen atoms in total. The van der Waals surface area contributed by atoms with Gasteiger partial charge in [-0.3, -0.25) is 4.79 Å². The van der Waals surface area contributed by atoms with E-state index < -0.39 is 12.1 Å². The lowest BCUT2D eigenvalue weighted by Crippen LogP contribution is -1.81. The monoisotopic (exact) mass is 344 g/mol. The van der Waals surface area contributed by atoms with Crippen LogP contribution in [0.2, 0.25) is 10.0 Å². The van der Waals surface area contributed by atoms with Crippen molar-refractivity contribution < 1.29 is 24.9 Å². The van der Waals surface area contributed by atoms with Crippen LogP contribution in [0.1, 0.15) is 6.92 Å². The molecule has 7 heteroatoms. The number of rotatable bonds is 1. The number of halogens is 2. The smallest absolute Gasteiger partial charge is 0.481 e. The van der Waals surface area contributed by atoms with E-state index in [4.69, 9.17) is 48.1 Å². The zero-order chi connectivity index (χ0) is 17.1. The zero-order valence-corrected chi connectivity index (χ0v) is 13.0. The summed E-state index contributed by atoms with van der Waals surface area (Å²) in [5, 5.41) is 22.6. The lowest BCUT2D eigenvalue weighted by atomic mass is 10.1. The third-order valence-electron chi connectivity index (χ3n) is 2.04. The minimum Gasteiger partial charge on any atom is -0.481 e. The molecule has 0 bridgehead atoms. The quantitative estimate of drug-likeness (QED) is 0.678. The molecule has 0 heterocycles. The molecule has 0 fully saturated rings. The van der Waals surface area contributed by atoms with Crippen LogP contribution in [0.25, 0.3) is 11.1 Å². The van der Waals surface area contributed by atoms with Gasteiger partial charge in [-0.1, -0.05) is 65.7 Å². The summed E-state index contributed by atoms with van der Waals surface area (Å²) in [6.45, 7) is 1.08. The predicted molar refractivity (Wildman–Crippen MR) is 85.9 cm³/mol. The average Bonchev–Trinajstić information content (AvgIpc) is 2.42. The summed E-state index contributed by atoms with van der Waals surface area (Å²) < 4.78 is 0. The fraction of sp³-hybridized carbons (Fsp3) is 0.0667. The third-order valence-corrected chi connectivity index (χ3v) is 2.86. The van der Waals surface area contributed by atoms with Crippen molar-refractivity contribution in [1.29, 1.82) is 0 Å². The summed E-state index contributed by atoms with van der Waals surface area (Å²) in [5.74, 6) is -0.833. The van der Waals surface area contributed by atoms with Crippen LogP contribution in [0.4, 0.5) is 4.79 Å². The third kappa shape index (κ3) is 8.84. The first kappa shape index (κ1) is 19.8. The average molecular weight is 345 g/mol. The second kappa shape index (κ2) is 10.5. The van der Waals surface area contributed by atoms with E-state index in [-0.39, 0.29) is 0 Å². The van der Waals surface area contributed by atoms with Crippen molar-refractivity contribution in [2.45, 2.75) is 6.92 Å². The SMILES string of the molecule is CC(=O)O.Clc1cccc(-c2ccccc2)c1Cl.O=C(O)O. The molecule has 2 aromatic carbocycles. The second-order valence-corrected chi connectivity index (χ2v) is 4.55. The van der Waals surface area contributed by atoms with Gasteiger partial charge in [0.2, 0.25) is 0 Å². The minimum absolute atomic E-state index is 0.591. The number of hydrogen-bond donors (Lipinski definition) is 3. The van der Waals surface area contributed by atoms with Crippen LogP contribution in [-0.4, -0.2) is 27.4 Å². The molecule has 22 heavy (non-hydrogen) atoms. The normalized spacial score (nSPS) is 8.68. The van der Waals surface area contributed by atoms with Gasteiger partial charge in [-0.2, -0.15) is 0 Å². The summed E-state index contributed by atoms with van der Waals surface area (Å²) in [6.07, 6.45) is -1.83. The molecule has 0 amide bonds. The molecule has 0 aromatic heterocycles. The van der Waals surface area contributed by atoms with E-state index in [1.54, 1.807) is 6.07 Å². The van der Waals surface area contributed by atoms with E-state index in [1.165, 1.54) is 0 Å². The first-order valence-corrected chi connectivity index (χ1v) is 6.62. The van der Waals surface area contributed by atoms with Gasteiger partial charge >= 0.3 is 6.16 Å². The maximum Gasteiger partial charge on any atom is 0.503 e. The van der Waals surface area contributed by atoms with Gasteiger partial charge in [0.1, 0.15) is 0 Å². The van der Waals surface area contributed by atoms with Crippen molar-refractivity contribution in [1.82, 2.24) is 0 Å². The second-order valence-electron chi connectivity index (χ2n) is 3.77. The van der Waals surface area contributed by atoms with E-state index in [2.05, 4.69) is 0 Å². The highest BCUT2D eigenvalue weighted by atomic mass is 35.5. The highest BCUT2D eigenvalue weighted by Crippen LogP contribution is 2.32. The topological polar surface area (TPSA) is 94.8 Å². The molecule has 3 N–H and O–H groups in total. The van der Waals surface area contributed by atoms with Crippen molar-refractivity contribution >= 4 is 35.3 Å². The van der Waals surface area contributed by atoms with Crippen molar-refractivity contribution in [3.8, 4) is 11.1 Å². The molecular weight excluding hydrogens is 331 g/mol. The number of aliphatic carboxylic acids is 1. The largest absolute Gasteiger partial charge is 0.503 e. The lowest BCUT2D eigenvalue weighted by Gasteiger charge is -2.04. The van der Waals surface area contributed by atoms with Gasteiger partial charge in [0.05, 0.1) is 10.0 Å². The Labute approximate surface area is 137 Å². The standard InChI is InChI=1S/C12H8Cl2.C2H4O2.CH2O3/c13-11-8-4-7-10(12(11)14)9-5-2-1-3-6-9;1-2(3)4;2-1(3)4/h1-8H;1H3,(H,3,4);(H2,2,3,4). The molecule has 0 atom stereocenters. The Balaban J connectivity index is 0.000000464. The van der Waals surface area contributed by atoms with Crippen molar-refractivity contribution in [3.05, 3.63) is 58.6 Å². The van der Waals surface area contributed by atoms with E-state index in [0.29, 0.717) is 10.0 Å². The van der Waals surface area contributed by atoms with Crippen LogP contribution in [-0.2, 0) is 4.79 Å². The van der Waals surface area contributed by atoms with Crippen LogP contribution in [0.5, 0.6) is 0 Å². The van der Waals surface area contributed by atoms with Gasteiger partial charge in [0.15, 0.2) is 0 Å². The highest BCUT2D eigenvalue weighted by Gasteiger charge is 2.05. The van der Waals surface area contributed by atoms with Crippen LogP contribution >= 0.6 is 23.2 Å². The Bertz CT molecular complexity index is 595. The molecule has 0 saturated carbocycles. The van der Waals surface area contributed by atoms with Crippen molar-refractivity contribution in [2.75, 3.05) is 0 Å². The Kier molecular flexibility index (Phi) is 9.41. The number of carbonyl (C=O) groups is 2. The molecule has 118 valence electrons. The number of carboxylic acids is 1.